The second kappa shape index (κ2) is 5.63. The SMILES string of the molecule is CC1CCN(C/C=C/CCl)C1CO. The van der Waals surface area contributed by atoms with Crippen molar-refractivity contribution in [2.45, 2.75) is 19.4 Å². The van der Waals surface area contributed by atoms with Gasteiger partial charge in [-0.05, 0) is 18.9 Å². The zero-order valence-corrected chi connectivity index (χ0v) is 8.87. The third-order valence-electron chi connectivity index (χ3n) is 2.78. The molecule has 0 aromatic carbocycles. The van der Waals surface area contributed by atoms with Crippen LogP contribution in [0.4, 0.5) is 0 Å². The summed E-state index contributed by atoms with van der Waals surface area (Å²) in [6, 6.07) is 0.347. The van der Waals surface area contributed by atoms with Crippen molar-refractivity contribution in [1.82, 2.24) is 4.90 Å². The van der Waals surface area contributed by atoms with E-state index in [9.17, 15) is 5.11 Å². The smallest absolute Gasteiger partial charge is 0.0589 e. The van der Waals surface area contributed by atoms with Crippen LogP contribution in [0.3, 0.4) is 0 Å². The summed E-state index contributed by atoms with van der Waals surface area (Å²) in [5.41, 5.74) is 0. The molecule has 1 aliphatic rings. The summed E-state index contributed by atoms with van der Waals surface area (Å²) in [4.78, 5) is 2.31. The number of likely N-dealkylation sites (tertiary alicyclic amines) is 1. The second-order valence-electron chi connectivity index (χ2n) is 3.64. The molecule has 76 valence electrons. The van der Waals surface area contributed by atoms with Crippen molar-refractivity contribution in [2.24, 2.45) is 5.92 Å². The molecule has 0 aliphatic carbocycles. The summed E-state index contributed by atoms with van der Waals surface area (Å²) < 4.78 is 0. The molecular weight excluding hydrogens is 186 g/mol. The molecule has 1 saturated heterocycles. The third-order valence-corrected chi connectivity index (χ3v) is 2.96. The highest BCUT2D eigenvalue weighted by molar-refractivity contribution is 6.18. The molecule has 13 heavy (non-hydrogen) atoms. The number of hydrogen-bond acceptors (Lipinski definition) is 2. The van der Waals surface area contributed by atoms with Gasteiger partial charge < -0.3 is 5.11 Å². The van der Waals surface area contributed by atoms with Gasteiger partial charge in [-0.1, -0.05) is 19.1 Å². The Hall–Kier alpha value is -0.0500. The van der Waals surface area contributed by atoms with Crippen LogP contribution in [-0.2, 0) is 0 Å². The molecular formula is C10H18ClNO. The van der Waals surface area contributed by atoms with Gasteiger partial charge in [0.25, 0.3) is 0 Å². The molecule has 1 N–H and O–H groups in total. The fraction of sp³-hybridized carbons (Fsp3) is 0.800. The van der Waals surface area contributed by atoms with Crippen LogP contribution in [-0.4, -0.2) is 41.6 Å². The maximum absolute atomic E-state index is 9.17. The van der Waals surface area contributed by atoms with E-state index in [2.05, 4.69) is 17.9 Å². The van der Waals surface area contributed by atoms with Crippen molar-refractivity contribution in [3.63, 3.8) is 0 Å². The Kier molecular flexibility index (Phi) is 4.78. The lowest BCUT2D eigenvalue weighted by Crippen LogP contribution is -2.35. The zero-order chi connectivity index (χ0) is 9.68. The first-order chi connectivity index (χ1) is 6.29. The molecule has 2 unspecified atom stereocenters. The average Bonchev–Trinajstić information content (AvgIpc) is 2.47. The normalized spacial score (nSPS) is 30.4. The number of rotatable bonds is 4. The molecule has 1 aliphatic heterocycles. The minimum absolute atomic E-state index is 0.274. The van der Waals surface area contributed by atoms with E-state index in [-0.39, 0.29) is 6.61 Å². The molecule has 0 spiro atoms. The zero-order valence-electron chi connectivity index (χ0n) is 8.12. The summed E-state index contributed by atoms with van der Waals surface area (Å²) in [7, 11) is 0. The van der Waals surface area contributed by atoms with Crippen LogP contribution in [0, 0.1) is 5.92 Å². The van der Waals surface area contributed by atoms with E-state index in [1.54, 1.807) is 0 Å². The van der Waals surface area contributed by atoms with Gasteiger partial charge in [-0.3, -0.25) is 4.90 Å². The summed E-state index contributed by atoms with van der Waals surface area (Å²) in [6.45, 7) is 4.49. The lowest BCUT2D eigenvalue weighted by Gasteiger charge is -2.23. The predicted octanol–water partition coefficient (Wildman–Crippen LogP) is 1.48. The van der Waals surface area contributed by atoms with Gasteiger partial charge in [0.1, 0.15) is 0 Å². The molecule has 2 nitrogen and oxygen atoms in total. The van der Waals surface area contributed by atoms with Crippen LogP contribution < -0.4 is 0 Å². The maximum atomic E-state index is 9.17. The van der Waals surface area contributed by atoms with Crippen molar-refractivity contribution in [3.8, 4) is 0 Å². The van der Waals surface area contributed by atoms with E-state index in [0.29, 0.717) is 17.8 Å². The second-order valence-corrected chi connectivity index (χ2v) is 3.95. The molecule has 0 amide bonds. The molecule has 0 radical (unpaired) electrons. The quantitative estimate of drug-likeness (QED) is 0.553. The minimum Gasteiger partial charge on any atom is -0.395 e. The number of halogens is 1. The van der Waals surface area contributed by atoms with Gasteiger partial charge in [0.05, 0.1) is 6.61 Å². The van der Waals surface area contributed by atoms with E-state index >= 15 is 0 Å². The largest absolute Gasteiger partial charge is 0.395 e. The number of hydrogen-bond donors (Lipinski definition) is 1. The highest BCUT2D eigenvalue weighted by atomic mass is 35.5. The van der Waals surface area contributed by atoms with Crippen LogP contribution >= 0.6 is 11.6 Å². The van der Waals surface area contributed by atoms with E-state index in [1.807, 2.05) is 6.08 Å². The Balaban J connectivity index is 2.37. The molecule has 2 atom stereocenters. The highest BCUT2D eigenvalue weighted by Crippen LogP contribution is 2.22. The molecule has 0 saturated carbocycles. The average molecular weight is 204 g/mol. The molecule has 1 fully saturated rings. The number of nitrogens with zero attached hydrogens (tertiary/aromatic N) is 1. The summed E-state index contributed by atoms with van der Waals surface area (Å²) >= 11 is 5.53. The Morgan fingerprint density at radius 3 is 2.92 bits per heavy atom. The van der Waals surface area contributed by atoms with Crippen molar-refractivity contribution < 1.29 is 5.11 Å². The topological polar surface area (TPSA) is 23.5 Å². The Morgan fingerprint density at radius 2 is 2.31 bits per heavy atom. The first-order valence-corrected chi connectivity index (χ1v) is 5.39. The Bertz CT molecular complexity index is 172. The molecule has 0 aromatic rings. The third kappa shape index (κ3) is 2.97. The van der Waals surface area contributed by atoms with Crippen LogP contribution in [0.15, 0.2) is 12.2 Å². The Labute approximate surface area is 85.2 Å². The van der Waals surface area contributed by atoms with E-state index in [1.165, 1.54) is 6.42 Å². The van der Waals surface area contributed by atoms with Crippen LogP contribution in [0.25, 0.3) is 0 Å². The first-order valence-electron chi connectivity index (χ1n) is 4.85. The number of allylic oxidation sites excluding steroid dienone is 1. The standard InChI is InChI=1S/C10H18ClNO/c1-9-4-7-12(10(9)8-13)6-3-2-5-11/h2-3,9-10,13H,4-8H2,1H3/b3-2+. The van der Waals surface area contributed by atoms with Gasteiger partial charge in [0, 0.05) is 18.5 Å². The van der Waals surface area contributed by atoms with E-state index < -0.39 is 0 Å². The van der Waals surface area contributed by atoms with Crippen molar-refractivity contribution in [2.75, 3.05) is 25.6 Å². The van der Waals surface area contributed by atoms with Crippen molar-refractivity contribution in [1.29, 1.82) is 0 Å². The maximum Gasteiger partial charge on any atom is 0.0589 e. The first kappa shape index (κ1) is 11.0. The van der Waals surface area contributed by atoms with Gasteiger partial charge in [0.2, 0.25) is 0 Å². The van der Waals surface area contributed by atoms with E-state index in [4.69, 9.17) is 11.6 Å². The van der Waals surface area contributed by atoms with Gasteiger partial charge in [-0.15, -0.1) is 11.6 Å². The van der Waals surface area contributed by atoms with Crippen LogP contribution in [0.5, 0.6) is 0 Å². The molecule has 0 bridgehead atoms. The summed E-state index contributed by atoms with van der Waals surface area (Å²) in [5.74, 6) is 1.20. The Morgan fingerprint density at radius 1 is 1.54 bits per heavy atom. The molecule has 1 rings (SSSR count). The van der Waals surface area contributed by atoms with Gasteiger partial charge in [-0.2, -0.15) is 0 Å². The molecule has 3 heteroatoms. The van der Waals surface area contributed by atoms with Gasteiger partial charge >= 0.3 is 0 Å². The van der Waals surface area contributed by atoms with E-state index in [0.717, 1.165) is 13.1 Å². The monoisotopic (exact) mass is 203 g/mol. The number of aliphatic hydroxyl groups excluding tert-OH is 1. The minimum atomic E-state index is 0.274. The summed E-state index contributed by atoms with van der Waals surface area (Å²) in [5, 5.41) is 9.17. The van der Waals surface area contributed by atoms with Crippen molar-refractivity contribution in [3.05, 3.63) is 12.2 Å². The lowest BCUT2D eigenvalue weighted by atomic mass is 10.0. The lowest BCUT2D eigenvalue weighted by molar-refractivity contribution is 0.149. The molecule has 0 aromatic heterocycles. The predicted molar refractivity (Wildman–Crippen MR) is 56.1 cm³/mol. The summed E-state index contributed by atoms with van der Waals surface area (Å²) in [6.07, 6.45) is 5.23. The van der Waals surface area contributed by atoms with Crippen LogP contribution in [0.1, 0.15) is 13.3 Å². The fourth-order valence-electron chi connectivity index (χ4n) is 1.88. The van der Waals surface area contributed by atoms with Crippen LogP contribution in [0.2, 0.25) is 0 Å². The number of aliphatic hydroxyl groups is 1. The van der Waals surface area contributed by atoms with Gasteiger partial charge in [0.15, 0.2) is 0 Å². The van der Waals surface area contributed by atoms with Gasteiger partial charge in [-0.25, -0.2) is 0 Å². The van der Waals surface area contributed by atoms with Crippen molar-refractivity contribution >= 4 is 11.6 Å². The fourth-order valence-corrected chi connectivity index (χ4v) is 2.01. The highest BCUT2D eigenvalue weighted by Gasteiger charge is 2.29. The number of alkyl halides is 1. The molecule has 1 heterocycles.